The fraction of sp³-hybridized carbons (Fsp3) is 0.727. The van der Waals surface area contributed by atoms with E-state index in [0.29, 0.717) is 0 Å². The van der Waals surface area contributed by atoms with Crippen molar-refractivity contribution in [2.45, 2.75) is 33.7 Å². The molecule has 16 heavy (non-hydrogen) atoms. The van der Waals surface area contributed by atoms with Crippen molar-refractivity contribution in [2.24, 2.45) is 11.8 Å². The van der Waals surface area contributed by atoms with E-state index in [2.05, 4.69) is 10.6 Å². The predicted molar refractivity (Wildman–Crippen MR) is 60.2 cm³/mol. The molecule has 0 aromatic rings. The van der Waals surface area contributed by atoms with E-state index in [9.17, 15) is 9.59 Å². The zero-order valence-corrected chi connectivity index (χ0v) is 10.2. The number of hydrogen-bond acceptors (Lipinski definition) is 3. The van der Waals surface area contributed by atoms with Crippen LogP contribution in [0.4, 0.5) is 0 Å². The van der Waals surface area contributed by atoms with Crippen LogP contribution in [0.5, 0.6) is 0 Å². The summed E-state index contributed by atoms with van der Waals surface area (Å²) in [5.41, 5.74) is 0. The molecule has 0 fully saturated rings. The van der Waals surface area contributed by atoms with Crippen LogP contribution in [0, 0.1) is 23.2 Å². The Morgan fingerprint density at radius 2 is 1.81 bits per heavy atom. The van der Waals surface area contributed by atoms with E-state index in [-0.39, 0.29) is 24.4 Å². The van der Waals surface area contributed by atoms with Gasteiger partial charge in [-0.2, -0.15) is 5.26 Å². The maximum Gasteiger partial charge on any atom is 0.239 e. The fourth-order valence-electron chi connectivity index (χ4n) is 1.16. The van der Waals surface area contributed by atoms with Crippen molar-refractivity contribution in [3.8, 4) is 6.07 Å². The number of nitriles is 1. The van der Waals surface area contributed by atoms with Crippen LogP contribution in [-0.2, 0) is 9.59 Å². The highest BCUT2D eigenvalue weighted by Gasteiger charge is 2.21. The highest BCUT2D eigenvalue weighted by Crippen LogP contribution is 2.08. The van der Waals surface area contributed by atoms with Gasteiger partial charge in [0.05, 0.1) is 12.6 Å². The van der Waals surface area contributed by atoms with Gasteiger partial charge in [-0.3, -0.25) is 9.59 Å². The third-order valence-corrected chi connectivity index (χ3v) is 1.96. The summed E-state index contributed by atoms with van der Waals surface area (Å²) in [6.07, 6.45) is 0. The molecule has 5 nitrogen and oxygen atoms in total. The molecule has 1 atom stereocenters. The number of nitrogens with zero attached hydrogens (tertiary/aromatic N) is 1. The summed E-state index contributed by atoms with van der Waals surface area (Å²) >= 11 is 0. The number of nitrogens with one attached hydrogen (secondary N) is 2. The highest BCUT2D eigenvalue weighted by molar-refractivity contribution is 5.87. The Labute approximate surface area is 96.2 Å². The van der Waals surface area contributed by atoms with Crippen molar-refractivity contribution in [3.05, 3.63) is 0 Å². The summed E-state index contributed by atoms with van der Waals surface area (Å²) in [5, 5.41) is 13.9. The SMILES string of the molecule is CC(C)NC(=O)CNC(=O)C(C#N)C(C)C. The zero-order chi connectivity index (χ0) is 12.7. The summed E-state index contributed by atoms with van der Waals surface area (Å²) in [7, 11) is 0. The normalized spacial score (nSPS) is 12.1. The second-order valence-corrected chi connectivity index (χ2v) is 4.29. The van der Waals surface area contributed by atoms with Gasteiger partial charge in [0, 0.05) is 6.04 Å². The fourth-order valence-corrected chi connectivity index (χ4v) is 1.16. The van der Waals surface area contributed by atoms with E-state index in [4.69, 9.17) is 5.26 Å². The van der Waals surface area contributed by atoms with Gasteiger partial charge in [0.15, 0.2) is 0 Å². The number of hydrogen-bond donors (Lipinski definition) is 2. The molecule has 0 spiro atoms. The van der Waals surface area contributed by atoms with Crippen molar-refractivity contribution in [2.75, 3.05) is 6.54 Å². The quantitative estimate of drug-likeness (QED) is 0.711. The average molecular weight is 225 g/mol. The number of carbonyl (C=O) groups excluding carboxylic acids is 2. The minimum absolute atomic E-state index is 0.0428. The molecule has 0 saturated carbocycles. The molecule has 5 heteroatoms. The van der Waals surface area contributed by atoms with E-state index in [0.717, 1.165) is 0 Å². The minimum atomic E-state index is -0.702. The maximum absolute atomic E-state index is 11.5. The van der Waals surface area contributed by atoms with Crippen LogP contribution >= 0.6 is 0 Å². The van der Waals surface area contributed by atoms with Crippen LogP contribution in [0.15, 0.2) is 0 Å². The van der Waals surface area contributed by atoms with Crippen molar-refractivity contribution in [3.63, 3.8) is 0 Å². The Bertz CT molecular complexity index is 292. The van der Waals surface area contributed by atoms with Crippen LogP contribution in [0.3, 0.4) is 0 Å². The van der Waals surface area contributed by atoms with Gasteiger partial charge in [-0.05, 0) is 19.8 Å². The number of rotatable bonds is 5. The smallest absolute Gasteiger partial charge is 0.239 e. The molecule has 0 bridgehead atoms. The lowest BCUT2D eigenvalue weighted by Gasteiger charge is -2.13. The molecule has 2 N–H and O–H groups in total. The standard InChI is InChI=1S/C11H19N3O2/c1-7(2)9(5-12)11(16)13-6-10(15)14-8(3)4/h7-9H,6H2,1-4H3,(H,13,16)(H,14,15). The second kappa shape index (κ2) is 6.83. The molecule has 0 aliphatic carbocycles. The summed E-state index contributed by atoms with van der Waals surface area (Å²) in [5.74, 6) is -1.40. The van der Waals surface area contributed by atoms with E-state index < -0.39 is 11.8 Å². The summed E-state index contributed by atoms with van der Waals surface area (Å²) in [4.78, 5) is 22.7. The van der Waals surface area contributed by atoms with Gasteiger partial charge >= 0.3 is 0 Å². The molecular formula is C11H19N3O2. The van der Waals surface area contributed by atoms with E-state index in [1.165, 1.54) is 0 Å². The Morgan fingerprint density at radius 3 is 2.19 bits per heavy atom. The van der Waals surface area contributed by atoms with Crippen molar-refractivity contribution >= 4 is 11.8 Å². The van der Waals surface area contributed by atoms with Crippen LogP contribution in [0.25, 0.3) is 0 Å². The third-order valence-electron chi connectivity index (χ3n) is 1.96. The van der Waals surface area contributed by atoms with Gasteiger partial charge in [0.25, 0.3) is 0 Å². The lowest BCUT2D eigenvalue weighted by molar-refractivity contribution is -0.128. The molecule has 0 aliphatic heterocycles. The molecule has 0 saturated heterocycles. The molecule has 0 heterocycles. The van der Waals surface area contributed by atoms with Gasteiger partial charge in [-0.25, -0.2) is 0 Å². The highest BCUT2D eigenvalue weighted by atomic mass is 16.2. The summed E-state index contributed by atoms with van der Waals surface area (Å²) < 4.78 is 0. The van der Waals surface area contributed by atoms with Gasteiger partial charge in [-0.15, -0.1) is 0 Å². The molecule has 90 valence electrons. The molecule has 0 aromatic heterocycles. The minimum Gasteiger partial charge on any atom is -0.352 e. The first kappa shape index (κ1) is 14.4. The molecule has 2 amide bonds. The second-order valence-electron chi connectivity index (χ2n) is 4.29. The molecule has 0 rings (SSSR count). The monoisotopic (exact) mass is 225 g/mol. The molecule has 0 radical (unpaired) electrons. The topological polar surface area (TPSA) is 82.0 Å². The lowest BCUT2D eigenvalue weighted by atomic mass is 9.97. The van der Waals surface area contributed by atoms with Gasteiger partial charge < -0.3 is 10.6 Å². The largest absolute Gasteiger partial charge is 0.352 e. The first-order valence-corrected chi connectivity index (χ1v) is 5.35. The zero-order valence-electron chi connectivity index (χ0n) is 10.2. The summed E-state index contributed by atoms with van der Waals surface area (Å²) in [6.45, 7) is 7.18. The predicted octanol–water partition coefficient (Wildman–Crippen LogP) is 0.423. The first-order valence-electron chi connectivity index (χ1n) is 5.35. The Hall–Kier alpha value is -1.57. The Balaban J connectivity index is 4.07. The van der Waals surface area contributed by atoms with Crippen LogP contribution in [0.2, 0.25) is 0 Å². The van der Waals surface area contributed by atoms with Gasteiger partial charge in [0.2, 0.25) is 11.8 Å². The molecule has 0 aliphatic rings. The van der Waals surface area contributed by atoms with Crippen molar-refractivity contribution in [1.82, 2.24) is 10.6 Å². The van der Waals surface area contributed by atoms with Gasteiger partial charge in [-0.1, -0.05) is 13.8 Å². The van der Waals surface area contributed by atoms with Crippen molar-refractivity contribution in [1.29, 1.82) is 5.26 Å². The summed E-state index contributed by atoms with van der Waals surface area (Å²) in [6, 6.07) is 1.96. The first-order chi connectivity index (χ1) is 7.38. The Kier molecular flexibility index (Phi) is 6.16. The van der Waals surface area contributed by atoms with Crippen LogP contribution < -0.4 is 10.6 Å². The third kappa shape index (κ3) is 5.35. The van der Waals surface area contributed by atoms with Gasteiger partial charge in [0.1, 0.15) is 5.92 Å². The number of carbonyl (C=O) groups is 2. The van der Waals surface area contributed by atoms with Crippen LogP contribution in [-0.4, -0.2) is 24.4 Å². The molecular weight excluding hydrogens is 206 g/mol. The average Bonchev–Trinajstić information content (AvgIpc) is 2.14. The van der Waals surface area contributed by atoms with E-state index >= 15 is 0 Å². The van der Waals surface area contributed by atoms with Crippen LogP contribution in [0.1, 0.15) is 27.7 Å². The van der Waals surface area contributed by atoms with E-state index in [1.54, 1.807) is 13.8 Å². The van der Waals surface area contributed by atoms with E-state index in [1.807, 2.05) is 19.9 Å². The maximum atomic E-state index is 11.5. The van der Waals surface area contributed by atoms with Crippen molar-refractivity contribution < 1.29 is 9.59 Å². The lowest BCUT2D eigenvalue weighted by Crippen LogP contribution is -2.42. The molecule has 0 aromatic carbocycles. The number of amides is 2. The Morgan fingerprint density at radius 1 is 1.25 bits per heavy atom. The molecule has 1 unspecified atom stereocenters.